The number of carbonyl (C=O) groups excluding carboxylic acids is 1. The van der Waals surface area contributed by atoms with Gasteiger partial charge in [-0.25, -0.2) is 4.98 Å². The number of nitriles is 1. The summed E-state index contributed by atoms with van der Waals surface area (Å²) >= 11 is 0. The molecule has 27 heavy (non-hydrogen) atoms. The third kappa shape index (κ3) is 3.26. The van der Waals surface area contributed by atoms with Crippen molar-refractivity contribution < 1.29 is 14.3 Å². The lowest BCUT2D eigenvalue weighted by molar-refractivity contribution is 0.0961. The Morgan fingerprint density at radius 3 is 2.78 bits per heavy atom. The maximum atomic E-state index is 11.7. The third-order valence-corrected chi connectivity index (χ3v) is 4.03. The molecule has 8 nitrogen and oxygen atoms in total. The van der Waals surface area contributed by atoms with Crippen molar-refractivity contribution >= 4 is 17.4 Å². The van der Waals surface area contributed by atoms with E-state index in [2.05, 4.69) is 26.3 Å². The largest absolute Gasteiger partial charge is 0.484 e. The van der Waals surface area contributed by atoms with Gasteiger partial charge < -0.3 is 14.8 Å². The molecule has 1 aromatic heterocycles. The summed E-state index contributed by atoms with van der Waals surface area (Å²) in [6, 6.07) is 12.4. The van der Waals surface area contributed by atoms with Gasteiger partial charge in [0.25, 0.3) is 0 Å². The molecule has 0 aliphatic carbocycles. The third-order valence-electron chi connectivity index (χ3n) is 4.03. The summed E-state index contributed by atoms with van der Waals surface area (Å²) in [6.45, 7) is 1.86. The highest BCUT2D eigenvalue weighted by molar-refractivity contribution is 6.02. The summed E-state index contributed by atoms with van der Waals surface area (Å²) in [7, 11) is 0. The Hall–Kier alpha value is -3.99. The van der Waals surface area contributed by atoms with Crippen LogP contribution >= 0.6 is 0 Å². The molecule has 0 amide bonds. The average Bonchev–Trinajstić information content (AvgIpc) is 3.07. The zero-order valence-corrected chi connectivity index (χ0v) is 14.3. The quantitative estimate of drug-likeness (QED) is 0.756. The Morgan fingerprint density at radius 2 is 2.00 bits per heavy atom. The van der Waals surface area contributed by atoms with Crippen molar-refractivity contribution in [3.05, 3.63) is 59.4 Å². The highest BCUT2D eigenvalue weighted by Crippen LogP contribution is 2.36. The highest BCUT2D eigenvalue weighted by atomic mass is 16.5. The fourth-order valence-corrected chi connectivity index (χ4v) is 2.65. The van der Waals surface area contributed by atoms with Gasteiger partial charge >= 0.3 is 6.01 Å². The van der Waals surface area contributed by atoms with E-state index in [0.29, 0.717) is 34.1 Å². The van der Waals surface area contributed by atoms with Crippen molar-refractivity contribution in [1.29, 1.82) is 5.26 Å². The molecule has 1 aliphatic rings. The Kier molecular flexibility index (Phi) is 4.10. The molecule has 0 atom stereocenters. The first-order valence-electron chi connectivity index (χ1n) is 8.08. The fraction of sp³-hybridized carbons (Fsp3) is 0.105. The Labute approximate surface area is 154 Å². The molecule has 0 unspecified atom stereocenters. The second-order valence-electron chi connectivity index (χ2n) is 5.79. The first-order valence-corrected chi connectivity index (χ1v) is 8.08. The monoisotopic (exact) mass is 359 g/mol. The van der Waals surface area contributed by atoms with E-state index in [4.69, 9.17) is 14.7 Å². The van der Waals surface area contributed by atoms with Crippen LogP contribution in [0.15, 0.2) is 42.7 Å². The number of nitrogens with zero attached hydrogens (tertiary/aromatic N) is 4. The van der Waals surface area contributed by atoms with E-state index < -0.39 is 0 Å². The van der Waals surface area contributed by atoms with Crippen LogP contribution in [-0.4, -0.2) is 27.3 Å². The van der Waals surface area contributed by atoms with Crippen LogP contribution in [0.3, 0.4) is 0 Å². The topological polar surface area (TPSA) is 110 Å². The van der Waals surface area contributed by atoms with Crippen LogP contribution in [0.5, 0.6) is 17.5 Å². The maximum absolute atomic E-state index is 11.7. The summed E-state index contributed by atoms with van der Waals surface area (Å²) in [4.78, 5) is 24.0. The average molecular weight is 359 g/mol. The van der Waals surface area contributed by atoms with Crippen molar-refractivity contribution in [3.63, 3.8) is 0 Å². The minimum absolute atomic E-state index is 0.0457. The van der Waals surface area contributed by atoms with Crippen molar-refractivity contribution in [2.45, 2.75) is 6.92 Å². The smallest absolute Gasteiger partial charge is 0.326 e. The van der Waals surface area contributed by atoms with E-state index in [-0.39, 0.29) is 18.4 Å². The van der Waals surface area contributed by atoms with Gasteiger partial charge in [-0.2, -0.15) is 15.2 Å². The number of fused-ring (bicyclic) bond motifs is 1. The van der Waals surface area contributed by atoms with E-state index in [1.165, 1.54) is 6.33 Å². The number of Topliss-reactive ketones (excluding diaryl/α,β-unsaturated/α-hetero) is 1. The van der Waals surface area contributed by atoms with Gasteiger partial charge in [0.2, 0.25) is 11.7 Å². The molecule has 8 heteroatoms. The van der Waals surface area contributed by atoms with Crippen LogP contribution in [0.25, 0.3) is 0 Å². The van der Waals surface area contributed by atoms with Crippen LogP contribution in [0, 0.1) is 18.3 Å². The predicted molar refractivity (Wildman–Crippen MR) is 95.3 cm³/mol. The minimum Gasteiger partial charge on any atom is -0.484 e. The predicted octanol–water partition coefficient (Wildman–Crippen LogP) is 3.16. The van der Waals surface area contributed by atoms with Gasteiger partial charge in [0.1, 0.15) is 17.8 Å². The first-order chi connectivity index (χ1) is 13.1. The van der Waals surface area contributed by atoms with Gasteiger partial charge in [0.15, 0.2) is 6.61 Å². The Morgan fingerprint density at radius 1 is 1.19 bits per heavy atom. The molecule has 2 aromatic carbocycles. The molecule has 0 radical (unpaired) electrons. The number of aromatic nitrogens is 3. The molecule has 4 rings (SSSR count). The van der Waals surface area contributed by atoms with Gasteiger partial charge in [-0.05, 0) is 43.3 Å². The molecule has 1 N–H and O–H groups in total. The van der Waals surface area contributed by atoms with E-state index in [0.717, 1.165) is 5.69 Å². The van der Waals surface area contributed by atoms with Gasteiger partial charge in [-0.3, -0.25) is 4.79 Å². The zero-order valence-electron chi connectivity index (χ0n) is 14.3. The Bertz CT molecular complexity index is 1070. The van der Waals surface area contributed by atoms with Crippen LogP contribution in [0.2, 0.25) is 0 Å². The minimum atomic E-state index is -0.0475. The Balaban J connectivity index is 1.55. The number of nitrogens with one attached hydrogen (secondary N) is 1. The summed E-state index contributed by atoms with van der Waals surface area (Å²) in [5.74, 6) is 1.28. The van der Waals surface area contributed by atoms with Gasteiger partial charge in [0, 0.05) is 11.3 Å². The molecular formula is C19H13N5O3. The maximum Gasteiger partial charge on any atom is 0.326 e. The lowest BCUT2D eigenvalue weighted by atomic mass is 10.1. The second-order valence-corrected chi connectivity index (χ2v) is 5.79. The van der Waals surface area contributed by atoms with E-state index in [1.807, 2.05) is 6.92 Å². The normalized spacial score (nSPS) is 12.1. The summed E-state index contributed by atoms with van der Waals surface area (Å²) < 4.78 is 11.2. The standard InChI is InChI=1S/C19H13N5O3/c1-11-16(7-6-14-15(25)9-26-17(11)14)27-19-22-10-21-18(24-19)23-13-4-2-12(8-20)3-5-13/h2-7,10H,9H2,1H3,(H,21,22,23,24). The number of rotatable bonds is 4. The van der Waals surface area contributed by atoms with Gasteiger partial charge in [-0.15, -0.1) is 0 Å². The van der Waals surface area contributed by atoms with Crippen LogP contribution in [0.4, 0.5) is 11.6 Å². The van der Waals surface area contributed by atoms with Crippen LogP contribution in [-0.2, 0) is 0 Å². The SMILES string of the molecule is Cc1c(Oc2ncnc(Nc3ccc(C#N)cc3)n2)ccc2c1OCC2=O. The highest BCUT2D eigenvalue weighted by Gasteiger charge is 2.25. The molecule has 0 saturated carbocycles. The van der Waals surface area contributed by atoms with Gasteiger partial charge in [0.05, 0.1) is 17.2 Å². The van der Waals surface area contributed by atoms with Crippen molar-refractivity contribution in [3.8, 4) is 23.6 Å². The number of ether oxygens (including phenoxy) is 2. The molecule has 0 spiro atoms. The molecule has 2 heterocycles. The summed E-state index contributed by atoms with van der Waals surface area (Å²) in [5, 5.41) is 11.9. The molecule has 1 aliphatic heterocycles. The lowest BCUT2D eigenvalue weighted by Crippen LogP contribution is -2.01. The van der Waals surface area contributed by atoms with Crippen LogP contribution in [0.1, 0.15) is 21.5 Å². The van der Waals surface area contributed by atoms with Crippen LogP contribution < -0.4 is 14.8 Å². The molecular weight excluding hydrogens is 346 g/mol. The van der Waals surface area contributed by atoms with Crippen molar-refractivity contribution in [2.75, 3.05) is 11.9 Å². The second kappa shape index (κ2) is 6.72. The van der Waals surface area contributed by atoms with E-state index in [1.54, 1.807) is 36.4 Å². The molecule has 3 aromatic rings. The summed E-state index contributed by atoms with van der Waals surface area (Å²) in [5.41, 5.74) is 2.55. The molecule has 132 valence electrons. The number of hydrogen-bond donors (Lipinski definition) is 1. The van der Waals surface area contributed by atoms with E-state index >= 15 is 0 Å². The van der Waals surface area contributed by atoms with E-state index in [9.17, 15) is 4.79 Å². The number of ketones is 1. The number of carbonyl (C=O) groups is 1. The summed E-state index contributed by atoms with van der Waals surface area (Å²) in [6.07, 6.45) is 1.33. The first kappa shape index (κ1) is 16.5. The molecule has 0 saturated heterocycles. The zero-order chi connectivity index (χ0) is 18.8. The number of hydrogen-bond acceptors (Lipinski definition) is 8. The van der Waals surface area contributed by atoms with Crippen molar-refractivity contribution in [1.82, 2.24) is 15.0 Å². The fourth-order valence-electron chi connectivity index (χ4n) is 2.65. The number of benzene rings is 2. The number of anilines is 2. The molecule has 0 bridgehead atoms. The van der Waals surface area contributed by atoms with Crippen molar-refractivity contribution in [2.24, 2.45) is 0 Å². The molecule has 0 fully saturated rings. The lowest BCUT2D eigenvalue weighted by Gasteiger charge is -2.10. The van der Waals surface area contributed by atoms with Gasteiger partial charge in [-0.1, -0.05) is 0 Å².